The Balaban J connectivity index is 0.00000280. The number of aromatic nitrogens is 2. The maximum absolute atomic E-state index is 6.10. The number of rotatable bonds is 7. The Bertz CT molecular complexity index is 711. The van der Waals surface area contributed by atoms with Gasteiger partial charge in [-0.05, 0) is 37.5 Å². The molecule has 0 saturated carbocycles. The van der Waals surface area contributed by atoms with E-state index in [1.54, 1.807) is 0 Å². The molecule has 0 aliphatic carbocycles. The standard InChI is InChI=1S/C21H31N5O.HI/c1-3-22-21(23-13-7-8-18-16-24-25(2)17-18)26-14-11-20(12-15-26)27-19-9-5-4-6-10-19;/h4-6,9-10,16-17,20H,3,7-8,11-15H2,1-2H3,(H,22,23);1H. The van der Waals surface area contributed by atoms with Gasteiger partial charge in [0.15, 0.2) is 5.96 Å². The average Bonchev–Trinajstić information content (AvgIpc) is 3.11. The second-order valence-corrected chi connectivity index (χ2v) is 6.98. The molecule has 3 rings (SSSR count). The molecule has 1 aliphatic rings. The van der Waals surface area contributed by atoms with Gasteiger partial charge in [-0.2, -0.15) is 5.10 Å². The van der Waals surface area contributed by atoms with Crippen molar-refractivity contribution in [3.8, 4) is 5.75 Å². The van der Waals surface area contributed by atoms with E-state index < -0.39 is 0 Å². The van der Waals surface area contributed by atoms with Gasteiger partial charge in [0.05, 0.1) is 6.20 Å². The predicted molar refractivity (Wildman–Crippen MR) is 125 cm³/mol. The lowest BCUT2D eigenvalue weighted by Crippen LogP contribution is -2.47. The first kappa shape index (κ1) is 22.5. The number of nitrogens with zero attached hydrogens (tertiary/aromatic N) is 4. The summed E-state index contributed by atoms with van der Waals surface area (Å²) in [6.45, 7) is 5.80. The van der Waals surface area contributed by atoms with Crippen LogP contribution in [-0.4, -0.2) is 52.9 Å². The Morgan fingerprint density at radius 3 is 2.64 bits per heavy atom. The van der Waals surface area contributed by atoms with Gasteiger partial charge in [-0.15, -0.1) is 24.0 Å². The Labute approximate surface area is 185 Å². The highest BCUT2D eigenvalue weighted by molar-refractivity contribution is 14.0. The third-order valence-corrected chi connectivity index (χ3v) is 4.77. The summed E-state index contributed by atoms with van der Waals surface area (Å²) in [6.07, 6.45) is 8.40. The Hall–Kier alpha value is -1.77. The number of ether oxygens (including phenoxy) is 1. The largest absolute Gasteiger partial charge is 0.490 e. The van der Waals surface area contributed by atoms with Crippen LogP contribution in [0.1, 0.15) is 31.7 Å². The molecule has 1 N–H and O–H groups in total. The maximum Gasteiger partial charge on any atom is 0.193 e. The van der Waals surface area contributed by atoms with Gasteiger partial charge in [0.1, 0.15) is 11.9 Å². The van der Waals surface area contributed by atoms with E-state index in [0.29, 0.717) is 0 Å². The summed E-state index contributed by atoms with van der Waals surface area (Å²) in [5.41, 5.74) is 1.27. The zero-order chi connectivity index (χ0) is 18.9. The van der Waals surface area contributed by atoms with Crippen molar-refractivity contribution in [1.29, 1.82) is 0 Å². The molecular weight excluding hydrogens is 465 g/mol. The minimum atomic E-state index is 0. The normalized spacial score (nSPS) is 15.2. The van der Waals surface area contributed by atoms with Crippen LogP contribution in [0, 0.1) is 0 Å². The minimum absolute atomic E-state index is 0. The molecule has 6 nitrogen and oxygen atoms in total. The van der Waals surface area contributed by atoms with Gasteiger partial charge in [-0.3, -0.25) is 9.67 Å². The summed E-state index contributed by atoms with van der Waals surface area (Å²) in [5.74, 6) is 1.99. The van der Waals surface area contributed by atoms with Crippen molar-refractivity contribution in [2.45, 2.75) is 38.7 Å². The molecule has 1 fully saturated rings. The number of nitrogens with one attached hydrogen (secondary N) is 1. The van der Waals surface area contributed by atoms with Crippen molar-refractivity contribution in [3.63, 3.8) is 0 Å². The summed E-state index contributed by atoms with van der Waals surface area (Å²) in [7, 11) is 1.95. The summed E-state index contributed by atoms with van der Waals surface area (Å²) in [4.78, 5) is 7.19. The zero-order valence-corrected chi connectivity index (χ0v) is 19.2. The van der Waals surface area contributed by atoms with Crippen molar-refractivity contribution >= 4 is 29.9 Å². The van der Waals surface area contributed by atoms with E-state index in [1.165, 1.54) is 5.56 Å². The van der Waals surface area contributed by atoms with E-state index in [4.69, 9.17) is 9.73 Å². The zero-order valence-electron chi connectivity index (χ0n) is 16.9. The van der Waals surface area contributed by atoms with Gasteiger partial charge >= 0.3 is 0 Å². The number of aryl methyl sites for hydroxylation is 2. The van der Waals surface area contributed by atoms with Crippen LogP contribution in [0.15, 0.2) is 47.7 Å². The number of halogens is 1. The lowest BCUT2D eigenvalue weighted by molar-refractivity contribution is 0.129. The second kappa shape index (κ2) is 11.9. The predicted octanol–water partition coefficient (Wildman–Crippen LogP) is 3.48. The fourth-order valence-electron chi connectivity index (χ4n) is 3.37. The quantitative estimate of drug-likeness (QED) is 0.276. The van der Waals surface area contributed by atoms with Crippen LogP contribution in [0.25, 0.3) is 0 Å². The molecule has 1 saturated heterocycles. The van der Waals surface area contributed by atoms with Crippen molar-refractivity contribution in [2.24, 2.45) is 12.0 Å². The molecule has 2 heterocycles. The molecule has 1 aliphatic heterocycles. The lowest BCUT2D eigenvalue weighted by Gasteiger charge is -2.34. The van der Waals surface area contributed by atoms with Gasteiger partial charge in [0.25, 0.3) is 0 Å². The Morgan fingerprint density at radius 1 is 1.25 bits per heavy atom. The number of piperidine rings is 1. The number of guanidine groups is 1. The van der Waals surface area contributed by atoms with E-state index in [1.807, 2.05) is 48.3 Å². The molecule has 0 unspecified atom stereocenters. The molecule has 1 aromatic carbocycles. The molecule has 0 spiro atoms. The first-order chi connectivity index (χ1) is 13.2. The van der Waals surface area contributed by atoms with Gasteiger partial charge in [0, 0.05) is 52.3 Å². The van der Waals surface area contributed by atoms with Gasteiger partial charge in [-0.1, -0.05) is 18.2 Å². The molecule has 0 radical (unpaired) electrons. The van der Waals surface area contributed by atoms with E-state index >= 15 is 0 Å². The summed E-state index contributed by atoms with van der Waals surface area (Å²) >= 11 is 0. The Kier molecular flexibility index (Phi) is 9.60. The Morgan fingerprint density at radius 2 is 2.00 bits per heavy atom. The monoisotopic (exact) mass is 497 g/mol. The summed E-state index contributed by atoms with van der Waals surface area (Å²) in [6, 6.07) is 10.1. The van der Waals surface area contributed by atoms with Crippen molar-refractivity contribution in [1.82, 2.24) is 20.0 Å². The lowest BCUT2D eigenvalue weighted by atomic mass is 10.1. The number of aliphatic imine (C=N–C) groups is 1. The molecule has 0 bridgehead atoms. The fraction of sp³-hybridized carbons (Fsp3) is 0.524. The van der Waals surface area contributed by atoms with E-state index in [0.717, 1.165) is 63.6 Å². The number of para-hydroxylation sites is 1. The maximum atomic E-state index is 6.10. The molecule has 0 atom stereocenters. The third kappa shape index (κ3) is 7.00. The molecule has 28 heavy (non-hydrogen) atoms. The minimum Gasteiger partial charge on any atom is -0.490 e. The van der Waals surface area contributed by atoms with Gasteiger partial charge in [-0.25, -0.2) is 0 Å². The van der Waals surface area contributed by atoms with E-state index in [2.05, 4.69) is 28.4 Å². The molecule has 2 aromatic rings. The number of likely N-dealkylation sites (tertiary alicyclic amines) is 1. The number of hydrogen-bond acceptors (Lipinski definition) is 3. The van der Waals surface area contributed by atoms with E-state index in [-0.39, 0.29) is 30.1 Å². The van der Waals surface area contributed by atoms with Crippen molar-refractivity contribution in [3.05, 3.63) is 48.3 Å². The van der Waals surface area contributed by atoms with Crippen LogP contribution in [-0.2, 0) is 13.5 Å². The molecule has 0 amide bonds. The molecular formula is C21H32IN5O. The highest BCUT2D eigenvalue weighted by atomic mass is 127. The number of hydrogen-bond donors (Lipinski definition) is 1. The van der Waals surface area contributed by atoms with Crippen LogP contribution in [0.4, 0.5) is 0 Å². The molecule has 154 valence electrons. The highest BCUT2D eigenvalue weighted by Crippen LogP contribution is 2.18. The summed E-state index contributed by atoms with van der Waals surface area (Å²) in [5, 5.41) is 7.66. The second-order valence-electron chi connectivity index (χ2n) is 6.98. The molecule has 1 aromatic heterocycles. The SMILES string of the molecule is CCNC(=NCCCc1cnn(C)c1)N1CCC(Oc2ccccc2)CC1.I. The first-order valence-corrected chi connectivity index (χ1v) is 9.97. The van der Waals surface area contributed by atoms with Crippen LogP contribution in [0.3, 0.4) is 0 Å². The number of benzene rings is 1. The average molecular weight is 497 g/mol. The van der Waals surface area contributed by atoms with Crippen LogP contribution in [0.2, 0.25) is 0 Å². The van der Waals surface area contributed by atoms with Gasteiger partial charge in [0.2, 0.25) is 0 Å². The summed E-state index contributed by atoms with van der Waals surface area (Å²) < 4.78 is 7.95. The highest BCUT2D eigenvalue weighted by Gasteiger charge is 2.22. The van der Waals surface area contributed by atoms with Crippen LogP contribution < -0.4 is 10.1 Å². The van der Waals surface area contributed by atoms with Crippen LogP contribution in [0.5, 0.6) is 5.75 Å². The topological polar surface area (TPSA) is 54.7 Å². The third-order valence-electron chi connectivity index (χ3n) is 4.77. The van der Waals surface area contributed by atoms with Crippen molar-refractivity contribution in [2.75, 3.05) is 26.2 Å². The smallest absolute Gasteiger partial charge is 0.193 e. The molecule has 7 heteroatoms. The van der Waals surface area contributed by atoms with Gasteiger partial charge < -0.3 is 15.0 Å². The fourth-order valence-corrected chi connectivity index (χ4v) is 3.37. The first-order valence-electron chi connectivity index (χ1n) is 9.97. The van der Waals surface area contributed by atoms with Crippen LogP contribution >= 0.6 is 24.0 Å². The van der Waals surface area contributed by atoms with Crippen molar-refractivity contribution < 1.29 is 4.74 Å². The van der Waals surface area contributed by atoms with E-state index in [9.17, 15) is 0 Å².